The molecular formula is C63H40N4O. The molecule has 318 valence electrons. The Morgan fingerprint density at radius 3 is 1.44 bits per heavy atom. The van der Waals surface area contributed by atoms with E-state index in [4.69, 9.17) is 19.4 Å². The second-order valence-electron chi connectivity index (χ2n) is 17.2. The van der Waals surface area contributed by atoms with Crippen LogP contribution in [0.2, 0.25) is 0 Å². The standard InChI is InChI=1S/C63H40N4O/c1-6-18-41(19-7-1)45-30-33-49(42-20-8-2-9-21-42)52(36-45)47-31-34-50(56(38-47)63-65-61(43-22-10-3-11-23-43)64-62(66-63)44-24-12-4-13-25-44)46-32-35-59-54(37-46)55-39-58-53(40-60(55)68-59)51-28-16-17-29-57(51)67(58)48-26-14-5-15-27-48/h1-40H. The van der Waals surface area contributed by atoms with Gasteiger partial charge in [-0.25, -0.2) is 15.0 Å². The molecule has 3 aromatic heterocycles. The zero-order valence-corrected chi connectivity index (χ0v) is 36.8. The predicted molar refractivity (Wildman–Crippen MR) is 279 cm³/mol. The fourth-order valence-electron chi connectivity index (χ4n) is 9.80. The van der Waals surface area contributed by atoms with Crippen molar-refractivity contribution >= 4 is 43.7 Å². The van der Waals surface area contributed by atoms with Gasteiger partial charge in [-0.2, -0.15) is 0 Å². The average Bonchev–Trinajstić information content (AvgIpc) is 3.95. The number of furan rings is 1. The molecule has 0 fully saturated rings. The smallest absolute Gasteiger partial charge is 0.164 e. The molecule has 10 aromatic carbocycles. The third-order valence-corrected chi connectivity index (χ3v) is 13.1. The lowest BCUT2D eigenvalue weighted by atomic mass is 9.88. The summed E-state index contributed by atoms with van der Waals surface area (Å²) in [6.07, 6.45) is 0. The van der Waals surface area contributed by atoms with Gasteiger partial charge in [-0.1, -0.05) is 188 Å². The summed E-state index contributed by atoms with van der Waals surface area (Å²) in [5, 5.41) is 4.42. The summed E-state index contributed by atoms with van der Waals surface area (Å²) < 4.78 is 9.05. The highest BCUT2D eigenvalue weighted by Crippen LogP contribution is 2.43. The maximum atomic E-state index is 6.70. The summed E-state index contributed by atoms with van der Waals surface area (Å²) in [4.78, 5) is 15.7. The van der Waals surface area contributed by atoms with Crippen molar-refractivity contribution in [2.45, 2.75) is 0 Å². The summed E-state index contributed by atoms with van der Waals surface area (Å²) in [5.74, 6) is 1.80. The van der Waals surface area contributed by atoms with E-state index < -0.39 is 0 Å². The fraction of sp³-hybridized carbons (Fsp3) is 0. The van der Waals surface area contributed by atoms with Gasteiger partial charge in [0.1, 0.15) is 11.2 Å². The maximum absolute atomic E-state index is 6.70. The van der Waals surface area contributed by atoms with Crippen LogP contribution in [0.1, 0.15) is 0 Å². The van der Waals surface area contributed by atoms with Gasteiger partial charge in [0.05, 0.1) is 11.0 Å². The lowest BCUT2D eigenvalue weighted by Gasteiger charge is -2.17. The van der Waals surface area contributed by atoms with Gasteiger partial charge in [-0.15, -0.1) is 0 Å². The molecule has 0 atom stereocenters. The molecule has 0 aliphatic heterocycles. The second kappa shape index (κ2) is 16.4. The molecule has 0 aliphatic rings. The number of nitrogens with zero attached hydrogens (tertiary/aromatic N) is 4. The van der Waals surface area contributed by atoms with Gasteiger partial charge in [0.25, 0.3) is 0 Å². The van der Waals surface area contributed by atoms with Crippen molar-refractivity contribution in [3.05, 3.63) is 243 Å². The van der Waals surface area contributed by atoms with E-state index in [1.807, 2.05) is 36.4 Å². The van der Waals surface area contributed by atoms with Crippen molar-refractivity contribution < 1.29 is 4.42 Å². The van der Waals surface area contributed by atoms with Crippen molar-refractivity contribution in [3.8, 4) is 84.4 Å². The number of para-hydroxylation sites is 2. The van der Waals surface area contributed by atoms with Gasteiger partial charge in [-0.3, -0.25) is 0 Å². The van der Waals surface area contributed by atoms with Gasteiger partial charge < -0.3 is 8.98 Å². The van der Waals surface area contributed by atoms with Crippen LogP contribution in [0.5, 0.6) is 0 Å². The first-order chi connectivity index (χ1) is 33.7. The summed E-state index contributed by atoms with van der Waals surface area (Å²) in [7, 11) is 0. The molecule has 0 saturated carbocycles. The molecule has 68 heavy (non-hydrogen) atoms. The number of hydrogen-bond acceptors (Lipinski definition) is 4. The molecule has 0 aliphatic carbocycles. The van der Waals surface area contributed by atoms with Gasteiger partial charge in [0, 0.05) is 43.9 Å². The first-order valence-corrected chi connectivity index (χ1v) is 22.9. The summed E-state index contributed by atoms with van der Waals surface area (Å²) >= 11 is 0. The summed E-state index contributed by atoms with van der Waals surface area (Å²) in [6.45, 7) is 0. The number of hydrogen-bond donors (Lipinski definition) is 0. The van der Waals surface area contributed by atoms with Crippen LogP contribution in [-0.4, -0.2) is 19.5 Å². The lowest BCUT2D eigenvalue weighted by molar-refractivity contribution is 0.669. The first-order valence-electron chi connectivity index (χ1n) is 22.9. The quantitative estimate of drug-likeness (QED) is 0.153. The van der Waals surface area contributed by atoms with Crippen LogP contribution >= 0.6 is 0 Å². The molecule has 13 rings (SSSR count). The minimum Gasteiger partial charge on any atom is -0.456 e. The topological polar surface area (TPSA) is 56.7 Å². The van der Waals surface area contributed by atoms with Gasteiger partial charge in [0.15, 0.2) is 17.5 Å². The molecule has 0 amide bonds. The largest absolute Gasteiger partial charge is 0.456 e. The third kappa shape index (κ3) is 6.84. The molecule has 0 N–H and O–H groups in total. The van der Waals surface area contributed by atoms with Gasteiger partial charge >= 0.3 is 0 Å². The minimum atomic E-state index is 0.585. The Morgan fingerprint density at radius 2 is 0.765 bits per heavy atom. The van der Waals surface area contributed by atoms with Crippen LogP contribution in [-0.2, 0) is 0 Å². The highest BCUT2D eigenvalue weighted by atomic mass is 16.3. The molecule has 0 unspecified atom stereocenters. The van der Waals surface area contributed by atoms with E-state index in [0.29, 0.717) is 17.5 Å². The molecule has 0 bridgehead atoms. The second-order valence-corrected chi connectivity index (χ2v) is 17.2. The van der Waals surface area contributed by atoms with Gasteiger partial charge in [-0.05, 0) is 99.1 Å². The lowest BCUT2D eigenvalue weighted by Crippen LogP contribution is -2.01. The molecule has 0 radical (unpaired) electrons. The zero-order chi connectivity index (χ0) is 45.0. The third-order valence-electron chi connectivity index (χ3n) is 13.1. The van der Waals surface area contributed by atoms with E-state index in [9.17, 15) is 0 Å². The molecular weight excluding hydrogens is 829 g/mol. The van der Waals surface area contributed by atoms with Crippen molar-refractivity contribution in [1.82, 2.24) is 19.5 Å². The monoisotopic (exact) mass is 868 g/mol. The molecule has 3 heterocycles. The summed E-state index contributed by atoms with van der Waals surface area (Å²) in [6, 6.07) is 85.3. The van der Waals surface area contributed by atoms with Crippen LogP contribution in [0.15, 0.2) is 247 Å². The Balaban J connectivity index is 1.06. The van der Waals surface area contributed by atoms with E-state index in [1.54, 1.807) is 0 Å². The van der Waals surface area contributed by atoms with Crippen LogP contribution < -0.4 is 0 Å². The Bertz CT molecular complexity index is 3940. The molecule has 0 saturated heterocycles. The first kappa shape index (κ1) is 39.2. The van der Waals surface area contributed by atoms with Crippen LogP contribution in [0, 0.1) is 0 Å². The van der Waals surface area contributed by atoms with Crippen LogP contribution in [0.25, 0.3) is 128 Å². The predicted octanol–water partition coefficient (Wildman–Crippen LogP) is 16.5. The Labute approximate surface area is 392 Å². The number of fused-ring (bicyclic) bond motifs is 6. The normalized spacial score (nSPS) is 11.5. The van der Waals surface area contributed by atoms with Crippen molar-refractivity contribution in [2.75, 3.05) is 0 Å². The molecule has 5 heteroatoms. The summed E-state index contributed by atoms with van der Waals surface area (Å²) in [5.41, 5.74) is 16.5. The Kier molecular flexibility index (Phi) is 9.43. The van der Waals surface area contributed by atoms with Crippen LogP contribution in [0.4, 0.5) is 0 Å². The fourth-order valence-corrected chi connectivity index (χ4v) is 9.80. The Hall–Kier alpha value is -9.19. The molecule has 13 aromatic rings. The van der Waals surface area contributed by atoms with Gasteiger partial charge in [0.2, 0.25) is 0 Å². The van der Waals surface area contributed by atoms with Crippen molar-refractivity contribution in [1.29, 1.82) is 0 Å². The average molecular weight is 869 g/mol. The molecule has 0 spiro atoms. The zero-order valence-electron chi connectivity index (χ0n) is 36.8. The van der Waals surface area contributed by atoms with Crippen molar-refractivity contribution in [2.24, 2.45) is 0 Å². The molecule has 5 nitrogen and oxygen atoms in total. The van der Waals surface area contributed by atoms with Crippen molar-refractivity contribution in [3.63, 3.8) is 0 Å². The Morgan fingerprint density at radius 1 is 0.265 bits per heavy atom. The number of aromatic nitrogens is 4. The SMILES string of the molecule is c1ccc(-c2ccc(-c3ccccc3)c(-c3ccc(-c4ccc5oc6cc7c8ccccc8n(-c8ccccc8)c7cc6c5c4)c(-c4nc(-c5ccccc5)nc(-c5ccccc5)n4)c3)c2)cc1. The van der Waals surface area contributed by atoms with E-state index >= 15 is 0 Å². The minimum absolute atomic E-state index is 0.585. The van der Waals surface area contributed by atoms with E-state index in [2.05, 4.69) is 211 Å². The highest BCUT2D eigenvalue weighted by molar-refractivity contribution is 6.17. The number of rotatable bonds is 8. The van der Waals surface area contributed by atoms with E-state index in [0.717, 1.165) is 105 Å². The number of benzene rings is 10. The van der Waals surface area contributed by atoms with E-state index in [1.165, 1.54) is 5.39 Å². The maximum Gasteiger partial charge on any atom is 0.164 e. The van der Waals surface area contributed by atoms with Crippen LogP contribution in [0.3, 0.4) is 0 Å². The highest BCUT2D eigenvalue weighted by Gasteiger charge is 2.21. The van der Waals surface area contributed by atoms with E-state index in [-0.39, 0.29) is 0 Å².